The maximum Gasteiger partial charge on any atom is 0.0679 e. The lowest BCUT2D eigenvalue weighted by Gasteiger charge is -2.17. The van der Waals surface area contributed by atoms with E-state index < -0.39 is 0 Å². The molecule has 1 aromatic heterocycles. The topological polar surface area (TPSA) is 30.2 Å². The van der Waals surface area contributed by atoms with E-state index in [1.807, 2.05) is 17.9 Å². The highest BCUT2D eigenvalue weighted by Crippen LogP contribution is 2.21. The molecule has 0 saturated heterocycles. The summed E-state index contributed by atoms with van der Waals surface area (Å²) in [4.78, 5) is 4.68. The number of nitrogens with zero attached hydrogens (tertiary/aromatic N) is 3. The monoisotopic (exact) mass is 227 g/mol. The van der Waals surface area contributed by atoms with Gasteiger partial charge in [-0.15, -0.1) is 0 Å². The molecule has 0 bridgehead atoms. The molecule has 0 aliphatic carbocycles. The largest absolute Gasteiger partial charge is 0.289 e. The Morgan fingerprint density at radius 3 is 3.00 bits per heavy atom. The number of benzene rings is 1. The van der Waals surface area contributed by atoms with Gasteiger partial charge in [0.2, 0.25) is 0 Å². The predicted molar refractivity (Wildman–Crippen MR) is 70.5 cm³/mol. The fourth-order valence-corrected chi connectivity index (χ4v) is 2.40. The average Bonchev–Trinajstić information content (AvgIpc) is 2.72. The summed E-state index contributed by atoms with van der Waals surface area (Å²) in [7, 11) is 1.97. The highest BCUT2D eigenvalue weighted by Gasteiger charge is 2.13. The molecule has 1 atom stereocenters. The van der Waals surface area contributed by atoms with Crippen LogP contribution in [0, 0.1) is 5.92 Å². The Hall–Kier alpha value is -1.64. The van der Waals surface area contributed by atoms with Crippen LogP contribution in [0.1, 0.15) is 25.3 Å². The minimum atomic E-state index is 0.737. The highest BCUT2D eigenvalue weighted by molar-refractivity contribution is 6.03. The number of rotatable bonds is 1. The van der Waals surface area contributed by atoms with Gasteiger partial charge in [0, 0.05) is 24.7 Å². The van der Waals surface area contributed by atoms with Crippen LogP contribution >= 0.6 is 0 Å². The van der Waals surface area contributed by atoms with Gasteiger partial charge in [-0.25, -0.2) is 0 Å². The first-order valence-electron chi connectivity index (χ1n) is 6.19. The van der Waals surface area contributed by atoms with E-state index in [-0.39, 0.29) is 0 Å². The number of aliphatic imine (C=N–C) groups is 1. The first kappa shape index (κ1) is 10.5. The summed E-state index contributed by atoms with van der Waals surface area (Å²) < 4.78 is 1.91. The molecule has 1 aromatic carbocycles. The molecule has 1 aliphatic rings. The Bertz CT molecular complexity index is 580. The van der Waals surface area contributed by atoms with Gasteiger partial charge in [-0.1, -0.05) is 13.0 Å². The zero-order valence-corrected chi connectivity index (χ0v) is 10.3. The van der Waals surface area contributed by atoms with E-state index >= 15 is 0 Å². The molecule has 88 valence electrons. The summed E-state index contributed by atoms with van der Waals surface area (Å²) in [6.07, 6.45) is 4.28. The van der Waals surface area contributed by atoms with Gasteiger partial charge in [0.25, 0.3) is 0 Å². The van der Waals surface area contributed by atoms with Crippen molar-refractivity contribution < 1.29 is 0 Å². The van der Waals surface area contributed by atoms with Crippen molar-refractivity contribution in [1.82, 2.24) is 9.78 Å². The van der Waals surface area contributed by atoms with E-state index in [0.29, 0.717) is 0 Å². The normalized spacial score (nSPS) is 20.6. The van der Waals surface area contributed by atoms with Crippen LogP contribution in [0.5, 0.6) is 0 Å². The van der Waals surface area contributed by atoms with Crippen LogP contribution in [0.2, 0.25) is 0 Å². The number of aromatic nitrogens is 2. The van der Waals surface area contributed by atoms with Gasteiger partial charge in [-0.2, -0.15) is 5.10 Å². The second kappa shape index (κ2) is 3.99. The lowest BCUT2D eigenvalue weighted by Crippen LogP contribution is -2.14. The minimum Gasteiger partial charge on any atom is -0.289 e. The van der Waals surface area contributed by atoms with Crippen molar-refractivity contribution >= 4 is 16.6 Å². The van der Waals surface area contributed by atoms with Gasteiger partial charge in [-0.05, 0) is 36.5 Å². The summed E-state index contributed by atoms with van der Waals surface area (Å²) in [5, 5.41) is 5.47. The molecule has 0 radical (unpaired) electrons. The molecular formula is C14H17N3. The van der Waals surface area contributed by atoms with E-state index in [2.05, 4.69) is 35.2 Å². The Morgan fingerprint density at radius 1 is 1.35 bits per heavy atom. The maximum atomic E-state index is 4.68. The first-order chi connectivity index (χ1) is 8.24. The van der Waals surface area contributed by atoms with Crippen LogP contribution in [-0.2, 0) is 7.05 Å². The van der Waals surface area contributed by atoms with Crippen molar-refractivity contribution in [1.29, 1.82) is 0 Å². The van der Waals surface area contributed by atoms with E-state index in [9.17, 15) is 0 Å². The number of fused-ring (bicyclic) bond motifs is 1. The highest BCUT2D eigenvalue weighted by atomic mass is 15.2. The van der Waals surface area contributed by atoms with Crippen LogP contribution < -0.4 is 0 Å². The molecule has 0 saturated carbocycles. The fraction of sp³-hybridized carbons (Fsp3) is 0.429. The number of hydrogen-bond acceptors (Lipinski definition) is 2. The summed E-state index contributed by atoms with van der Waals surface area (Å²) >= 11 is 0. The number of hydrogen-bond donors (Lipinski definition) is 0. The van der Waals surface area contributed by atoms with Gasteiger partial charge >= 0.3 is 0 Å². The Labute approximate surface area is 101 Å². The average molecular weight is 227 g/mol. The van der Waals surface area contributed by atoms with Crippen LogP contribution in [0.15, 0.2) is 29.4 Å². The standard InChI is InChI=1S/C14H17N3/c1-10-3-5-13(15-8-10)11-4-6-14-12(7-11)9-16-17(14)2/h4,6-7,9-10H,3,5,8H2,1-2H3. The van der Waals surface area contributed by atoms with E-state index in [4.69, 9.17) is 0 Å². The van der Waals surface area contributed by atoms with Crippen molar-refractivity contribution in [3.63, 3.8) is 0 Å². The number of aryl methyl sites for hydroxylation is 1. The lowest BCUT2D eigenvalue weighted by atomic mass is 9.95. The molecule has 3 rings (SSSR count). The van der Waals surface area contributed by atoms with Crippen molar-refractivity contribution in [3.05, 3.63) is 30.0 Å². The zero-order chi connectivity index (χ0) is 11.8. The molecule has 0 N–H and O–H groups in total. The maximum absolute atomic E-state index is 4.68. The van der Waals surface area contributed by atoms with Crippen LogP contribution in [0.25, 0.3) is 10.9 Å². The SMILES string of the molecule is CC1CCC(c2ccc3c(cnn3C)c2)=NC1. The van der Waals surface area contributed by atoms with E-state index in [1.54, 1.807) is 0 Å². The van der Waals surface area contributed by atoms with Crippen molar-refractivity contribution in [2.24, 2.45) is 18.0 Å². The Kier molecular flexibility index (Phi) is 2.46. The third-order valence-corrected chi connectivity index (χ3v) is 3.55. The molecule has 3 heteroatoms. The molecule has 17 heavy (non-hydrogen) atoms. The summed E-state index contributed by atoms with van der Waals surface area (Å²) in [5.41, 5.74) is 3.70. The van der Waals surface area contributed by atoms with Crippen LogP contribution in [0.4, 0.5) is 0 Å². The first-order valence-corrected chi connectivity index (χ1v) is 6.19. The van der Waals surface area contributed by atoms with Crippen LogP contribution in [0.3, 0.4) is 0 Å². The molecular weight excluding hydrogens is 210 g/mol. The molecule has 1 aliphatic heterocycles. The van der Waals surface area contributed by atoms with Crippen LogP contribution in [-0.4, -0.2) is 22.0 Å². The predicted octanol–water partition coefficient (Wildman–Crippen LogP) is 2.79. The van der Waals surface area contributed by atoms with Crippen molar-refractivity contribution in [3.8, 4) is 0 Å². The minimum absolute atomic E-state index is 0.737. The molecule has 2 heterocycles. The second-order valence-electron chi connectivity index (χ2n) is 4.97. The van der Waals surface area contributed by atoms with Crippen molar-refractivity contribution in [2.75, 3.05) is 6.54 Å². The second-order valence-corrected chi connectivity index (χ2v) is 4.97. The molecule has 3 nitrogen and oxygen atoms in total. The van der Waals surface area contributed by atoms with E-state index in [0.717, 1.165) is 18.9 Å². The Morgan fingerprint density at radius 2 is 2.24 bits per heavy atom. The summed E-state index contributed by atoms with van der Waals surface area (Å²) in [6.45, 7) is 3.24. The summed E-state index contributed by atoms with van der Waals surface area (Å²) in [6, 6.07) is 6.51. The van der Waals surface area contributed by atoms with Gasteiger partial charge in [0.15, 0.2) is 0 Å². The van der Waals surface area contributed by atoms with Gasteiger partial charge < -0.3 is 0 Å². The zero-order valence-electron chi connectivity index (χ0n) is 10.3. The smallest absolute Gasteiger partial charge is 0.0679 e. The van der Waals surface area contributed by atoms with E-state index in [1.165, 1.54) is 28.6 Å². The quantitative estimate of drug-likeness (QED) is 0.736. The third-order valence-electron chi connectivity index (χ3n) is 3.55. The molecule has 1 unspecified atom stereocenters. The summed E-state index contributed by atoms with van der Waals surface area (Å²) in [5.74, 6) is 0.737. The van der Waals surface area contributed by atoms with Crippen molar-refractivity contribution in [2.45, 2.75) is 19.8 Å². The third kappa shape index (κ3) is 1.86. The lowest BCUT2D eigenvalue weighted by molar-refractivity contribution is 0.538. The molecule has 0 fully saturated rings. The molecule has 2 aromatic rings. The Balaban J connectivity index is 2.01. The van der Waals surface area contributed by atoms with Gasteiger partial charge in [-0.3, -0.25) is 9.67 Å². The molecule has 0 spiro atoms. The van der Waals surface area contributed by atoms with Gasteiger partial charge in [0.05, 0.1) is 11.7 Å². The fourth-order valence-electron chi connectivity index (χ4n) is 2.40. The molecule has 0 amide bonds. The van der Waals surface area contributed by atoms with Gasteiger partial charge in [0.1, 0.15) is 0 Å².